The summed E-state index contributed by atoms with van der Waals surface area (Å²) in [7, 11) is 0. The molecule has 0 fully saturated rings. The van der Waals surface area contributed by atoms with E-state index in [-0.39, 0.29) is 24.9 Å². The average molecular weight is 314 g/mol. The summed E-state index contributed by atoms with van der Waals surface area (Å²) in [4.78, 5) is 22.1. The normalized spacial score (nSPS) is 10.5. The topological polar surface area (TPSA) is 75.6 Å². The lowest BCUT2D eigenvalue weighted by Crippen LogP contribution is -2.11. The molecule has 0 saturated heterocycles. The number of amides is 1. The Morgan fingerprint density at radius 1 is 1.29 bits per heavy atom. The molecule has 5 nitrogen and oxygen atoms in total. The number of carboxylic acids is 1. The van der Waals surface area contributed by atoms with Crippen molar-refractivity contribution in [3.8, 4) is 5.75 Å². The van der Waals surface area contributed by atoms with Crippen LogP contribution in [0, 0.1) is 0 Å². The fourth-order valence-electron chi connectivity index (χ4n) is 1.71. The fraction of sp³-hybridized carbons (Fsp3) is 0.467. The van der Waals surface area contributed by atoms with Crippen LogP contribution in [-0.2, 0) is 9.59 Å². The molecule has 1 aromatic rings. The number of hydrogen-bond donors (Lipinski definition) is 2. The number of unbranched alkanes of at least 4 members (excludes halogenated alkanes) is 1. The Labute approximate surface area is 129 Å². The Hall–Kier alpha value is -1.75. The molecule has 116 valence electrons. The summed E-state index contributed by atoms with van der Waals surface area (Å²) >= 11 is 6.08. The molecule has 0 unspecified atom stereocenters. The molecule has 0 atom stereocenters. The van der Waals surface area contributed by atoms with E-state index in [0.717, 1.165) is 0 Å². The lowest BCUT2D eigenvalue weighted by molar-refractivity contribution is -0.137. The molecule has 0 bridgehead atoms. The van der Waals surface area contributed by atoms with Crippen molar-refractivity contribution in [3.63, 3.8) is 0 Å². The van der Waals surface area contributed by atoms with Crippen LogP contribution < -0.4 is 10.1 Å². The van der Waals surface area contributed by atoms with Gasteiger partial charge in [0, 0.05) is 18.5 Å². The number of ether oxygens (including phenoxy) is 1. The maximum atomic E-state index is 11.7. The number of carbonyl (C=O) groups excluding carboxylic acids is 1. The van der Waals surface area contributed by atoms with Crippen LogP contribution >= 0.6 is 11.6 Å². The van der Waals surface area contributed by atoms with Crippen LogP contribution in [0.4, 0.5) is 5.69 Å². The summed E-state index contributed by atoms with van der Waals surface area (Å²) in [6, 6.07) is 5.07. The Balaban J connectivity index is 2.45. The number of nitrogens with one attached hydrogen (secondary N) is 1. The first kappa shape index (κ1) is 17.3. The third-order valence-electron chi connectivity index (χ3n) is 2.62. The van der Waals surface area contributed by atoms with Gasteiger partial charge >= 0.3 is 5.97 Å². The minimum Gasteiger partial charge on any atom is -0.489 e. The molecular formula is C15H20ClNO4. The maximum absolute atomic E-state index is 11.7. The molecule has 2 N–H and O–H groups in total. The second-order valence-electron chi connectivity index (χ2n) is 4.96. The second-order valence-corrected chi connectivity index (χ2v) is 5.37. The predicted molar refractivity (Wildman–Crippen MR) is 81.9 cm³/mol. The molecule has 0 heterocycles. The molecule has 0 spiro atoms. The van der Waals surface area contributed by atoms with Crippen LogP contribution in [0.5, 0.6) is 5.75 Å². The molecule has 0 radical (unpaired) electrons. The zero-order chi connectivity index (χ0) is 15.8. The highest BCUT2D eigenvalue weighted by Crippen LogP contribution is 2.28. The number of anilines is 1. The standard InChI is InChI=1S/C15H20ClNO4/c1-10(2)21-13-8-7-11(9-12(13)16)17-14(18)5-3-4-6-15(19)20/h7-10H,3-6H2,1-2H3,(H,17,18)(H,19,20). The molecule has 6 heteroatoms. The summed E-state index contributed by atoms with van der Waals surface area (Å²) in [6.07, 6.45) is 1.43. The van der Waals surface area contributed by atoms with Gasteiger partial charge in [-0.15, -0.1) is 0 Å². The number of carboxylic acid groups (broad SMARTS) is 1. The van der Waals surface area contributed by atoms with Crippen molar-refractivity contribution in [1.82, 2.24) is 0 Å². The molecular weight excluding hydrogens is 294 g/mol. The van der Waals surface area contributed by atoms with Crippen LogP contribution in [0.3, 0.4) is 0 Å². The van der Waals surface area contributed by atoms with E-state index in [4.69, 9.17) is 21.4 Å². The number of carbonyl (C=O) groups is 2. The van der Waals surface area contributed by atoms with Gasteiger partial charge in [0.1, 0.15) is 5.75 Å². The number of benzene rings is 1. The Morgan fingerprint density at radius 2 is 1.95 bits per heavy atom. The fourth-order valence-corrected chi connectivity index (χ4v) is 1.94. The molecule has 0 aliphatic rings. The van der Waals surface area contributed by atoms with E-state index in [9.17, 15) is 9.59 Å². The van der Waals surface area contributed by atoms with E-state index in [0.29, 0.717) is 29.3 Å². The molecule has 0 aliphatic carbocycles. The van der Waals surface area contributed by atoms with Crippen LogP contribution in [-0.4, -0.2) is 23.1 Å². The van der Waals surface area contributed by atoms with Gasteiger partial charge in [0.05, 0.1) is 11.1 Å². The van der Waals surface area contributed by atoms with Gasteiger partial charge in [-0.25, -0.2) is 0 Å². The summed E-state index contributed by atoms with van der Waals surface area (Å²) in [5.74, 6) is -0.428. The van der Waals surface area contributed by atoms with Crippen molar-refractivity contribution in [1.29, 1.82) is 0 Å². The number of halogens is 1. The third-order valence-corrected chi connectivity index (χ3v) is 2.92. The summed E-state index contributed by atoms with van der Waals surface area (Å²) in [5.41, 5.74) is 0.597. The first-order chi connectivity index (χ1) is 9.88. The van der Waals surface area contributed by atoms with E-state index in [1.54, 1.807) is 18.2 Å². The van der Waals surface area contributed by atoms with Gasteiger partial charge in [0.2, 0.25) is 5.91 Å². The van der Waals surface area contributed by atoms with Gasteiger partial charge < -0.3 is 15.2 Å². The number of hydrogen-bond acceptors (Lipinski definition) is 3. The van der Waals surface area contributed by atoms with Gasteiger partial charge in [-0.2, -0.15) is 0 Å². The third kappa shape index (κ3) is 6.99. The predicted octanol–water partition coefficient (Wildman–Crippen LogP) is 3.71. The van der Waals surface area contributed by atoms with Crippen molar-refractivity contribution in [3.05, 3.63) is 23.2 Å². The molecule has 1 amide bonds. The first-order valence-corrected chi connectivity index (χ1v) is 7.24. The van der Waals surface area contributed by atoms with E-state index >= 15 is 0 Å². The first-order valence-electron chi connectivity index (χ1n) is 6.86. The van der Waals surface area contributed by atoms with Crippen LogP contribution in [0.15, 0.2) is 18.2 Å². The van der Waals surface area contributed by atoms with E-state index in [2.05, 4.69) is 5.32 Å². The Bertz CT molecular complexity index is 502. The molecule has 21 heavy (non-hydrogen) atoms. The maximum Gasteiger partial charge on any atom is 0.303 e. The van der Waals surface area contributed by atoms with Crippen LogP contribution in [0.2, 0.25) is 5.02 Å². The van der Waals surface area contributed by atoms with E-state index in [1.807, 2.05) is 13.8 Å². The zero-order valence-corrected chi connectivity index (χ0v) is 12.9. The van der Waals surface area contributed by atoms with Gasteiger partial charge in [0.15, 0.2) is 0 Å². The molecule has 1 rings (SSSR count). The monoisotopic (exact) mass is 313 g/mol. The minimum absolute atomic E-state index is 0.0252. The highest BCUT2D eigenvalue weighted by molar-refractivity contribution is 6.32. The smallest absolute Gasteiger partial charge is 0.303 e. The quantitative estimate of drug-likeness (QED) is 0.717. The lowest BCUT2D eigenvalue weighted by atomic mass is 10.2. The summed E-state index contributed by atoms with van der Waals surface area (Å²) < 4.78 is 5.51. The van der Waals surface area contributed by atoms with Crippen molar-refractivity contribution in [2.75, 3.05) is 5.32 Å². The molecule has 0 aliphatic heterocycles. The molecule has 0 aromatic heterocycles. The summed E-state index contributed by atoms with van der Waals surface area (Å²) in [6.45, 7) is 3.81. The van der Waals surface area contributed by atoms with Gasteiger partial charge in [0.25, 0.3) is 0 Å². The van der Waals surface area contributed by atoms with Crippen LogP contribution in [0.1, 0.15) is 39.5 Å². The highest BCUT2D eigenvalue weighted by atomic mass is 35.5. The Kier molecular flexibility index (Phi) is 7.02. The second kappa shape index (κ2) is 8.52. The zero-order valence-electron chi connectivity index (χ0n) is 12.2. The van der Waals surface area contributed by atoms with E-state index < -0.39 is 5.97 Å². The number of rotatable bonds is 8. The SMILES string of the molecule is CC(C)Oc1ccc(NC(=O)CCCCC(=O)O)cc1Cl. The van der Waals surface area contributed by atoms with Crippen molar-refractivity contribution < 1.29 is 19.4 Å². The largest absolute Gasteiger partial charge is 0.489 e. The van der Waals surface area contributed by atoms with Crippen molar-refractivity contribution in [2.24, 2.45) is 0 Å². The average Bonchev–Trinajstić information content (AvgIpc) is 2.37. The molecule has 1 aromatic carbocycles. The number of aliphatic carboxylic acids is 1. The van der Waals surface area contributed by atoms with Crippen LogP contribution in [0.25, 0.3) is 0 Å². The van der Waals surface area contributed by atoms with Gasteiger partial charge in [-0.05, 0) is 44.9 Å². The van der Waals surface area contributed by atoms with Crippen molar-refractivity contribution >= 4 is 29.2 Å². The Morgan fingerprint density at radius 3 is 2.52 bits per heavy atom. The molecule has 0 saturated carbocycles. The van der Waals surface area contributed by atoms with Gasteiger partial charge in [-0.1, -0.05) is 11.6 Å². The van der Waals surface area contributed by atoms with Gasteiger partial charge in [-0.3, -0.25) is 9.59 Å². The summed E-state index contributed by atoms with van der Waals surface area (Å²) in [5, 5.41) is 11.7. The van der Waals surface area contributed by atoms with Crippen molar-refractivity contribution in [2.45, 2.75) is 45.6 Å². The highest BCUT2D eigenvalue weighted by Gasteiger charge is 2.08. The van der Waals surface area contributed by atoms with E-state index in [1.165, 1.54) is 0 Å². The minimum atomic E-state index is -0.845. The lowest BCUT2D eigenvalue weighted by Gasteiger charge is -2.12.